The lowest BCUT2D eigenvalue weighted by atomic mass is 10.0. The van der Waals surface area contributed by atoms with Crippen molar-refractivity contribution in [2.75, 3.05) is 6.26 Å². The van der Waals surface area contributed by atoms with E-state index in [2.05, 4.69) is 4.98 Å². The lowest BCUT2D eigenvalue weighted by molar-refractivity contribution is 0.0701. The summed E-state index contributed by atoms with van der Waals surface area (Å²) in [5, 5.41) is 19.6. The number of aromatic carboxylic acids is 1. The van der Waals surface area contributed by atoms with Crippen molar-refractivity contribution in [1.29, 1.82) is 0 Å². The molecule has 0 aliphatic heterocycles. The number of carbonyl (C=O) groups excluding carboxylic acids is 1. The largest absolute Gasteiger partial charge is 0.507 e. The number of benzene rings is 1. The monoisotopic (exact) mass is 426 g/mol. The van der Waals surface area contributed by atoms with E-state index >= 15 is 0 Å². The summed E-state index contributed by atoms with van der Waals surface area (Å²) >= 11 is 2.27. The number of thiophene rings is 1. The number of hydrogen-bond donors (Lipinski definition) is 2. The molecule has 0 amide bonds. The fourth-order valence-corrected chi connectivity index (χ4v) is 4.75. The molecule has 1 aromatic carbocycles. The van der Waals surface area contributed by atoms with E-state index in [0.717, 1.165) is 11.3 Å². The van der Waals surface area contributed by atoms with Crippen LogP contribution in [-0.2, 0) is 0 Å². The number of aryl methyl sites for hydroxylation is 1. The van der Waals surface area contributed by atoms with Crippen molar-refractivity contribution in [2.45, 2.75) is 11.8 Å². The van der Waals surface area contributed by atoms with Gasteiger partial charge in [-0.3, -0.25) is 14.0 Å². The summed E-state index contributed by atoms with van der Waals surface area (Å²) in [4.78, 5) is 43.0. The number of para-hydroxylation sites is 1. The van der Waals surface area contributed by atoms with Crippen LogP contribution in [-0.4, -0.2) is 37.6 Å². The number of carbonyl (C=O) groups is 2. The Morgan fingerprint density at radius 2 is 1.97 bits per heavy atom. The Hall–Kier alpha value is -3.17. The fourth-order valence-electron chi connectivity index (χ4n) is 3.17. The number of pyridine rings is 1. The van der Waals surface area contributed by atoms with E-state index in [1.165, 1.54) is 34.5 Å². The lowest BCUT2D eigenvalue weighted by Crippen LogP contribution is -2.17. The second kappa shape index (κ2) is 7.02. The molecule has 4 rings (SSSR count). The molecule has 0 saturated carbocycles. The van der Waals surface area contributed by atoms with Gasteiger partial charge in [0.15, 0.2) is 11.4 Å². The highest BCUT2D eigenvalue weighted by Crippen LogP contribution is 2.30. The first-order valence-electron chi connectivity index (χ1n) is 8.43. The van der Waals surface area contributed by atoms with Crippen LogP contribution < -0.4 is 5.56 Å². The van der Waals surface area contributed by atoms with Gasteiger partial charge >= 0.3 is 5.97 Å². The molecule has 3 heterocycles. The van der Waals surface area contributed by atoms with Crippen LogP contribution in [0.25, 0.3) is 15.9 Å². The lowest BCUT2D eigenvalue weighted by Gasteiger charge is -2.10. The summed E-state index contributed by atoms with van der Waals surface area (Å²) in [6.07, 6.45) is 3.18. The van der Waals surface area contributed by atoms with Gasteiger partial charge in [-0.15, -0.1) is 23.1 Å². The highest BCUT2D eigenvalue weighted by atomic mass is 32.2. The highest BCUT2D eigenvalue weighted by Gasteiger charge is 2.22. The number of nitrogens with zero attached hydrogens (tertiary/aromatic N) is 2. The molecule has 0 aliphatic carbocycles. The van der Waals surface area contributed by atoms with Crippen molar-refractivity contribution < 1.29 is 19.8 Å². The second-order valence-corrected chi connectivity index (χ2v) is 8.14. The first-order chi connectivity index (χ1) is 13.8. The zero-order valence-electron chi connectivity index (χ0n) is 15.3. The summed E-state index contributed by atoms with van der Waals surface area (Å²) in [6, 6.07) is 7.80. The third-order valence-corrected chi connectivity index (χ3v) is 6.51. The average Bonchev–Trinajstić information content (AvgIpc) is 3.04. The standard InChI is InChI=1S/C20H14N2O5S2/c1-9-14-18(29-16(9)20(26)27)21-17-13(28-2)7-10(8-22(17)19(14)25)15(24)11-5-3-4-6-12(11)23/h3-8,23H,1-2H3,(H,26,27). The molecule has 0 saturated heterocycles. The van der Waals surface area contributed by atoms with E-state index in [1.807, 2.05) is 0 Å². The van der Waals surface area contributed by atoms with Crippen LogP contribution in [0.15, 0.2) is 46.2 Å². The number of fused-ring (bicyclic) bond motifs is 2. The maximum absolute atomic E-state index is 13.2. The van der Waals surface area contributed by atoms with Gasteiger partial charge in [0, 0.05) is 11.8 Å². The Morgan fingerprint density at radius 3 is 2.62 bits per heavy atom. The van der Waals surface area contributed by atoms with Crippen molar-refractivity contribution in [2.24, 2.45) is 0 Å². The van der Waals surface area contributed by atoms with Crippen molar-refractivity contribution in [3.05, 3.63) is 68.4 Å². The number of hydrogen-bond acceptors (Lipinski definition) is 7. The number of ketones is 1. The van der Waals surface area contributed by atoms with Gasteiger partial charge in [0.25, 0.3) is 5.56 Å². The Kier molecular flexibility index (Phi) is 4.64. The van der Waals surface area contributed by atoms with Crippen molar-refractivity contribution in [3.8, 4) is 5.75 Å². The van der Waals surface area contributed by atoms with Gasteiger partial charge < -0.3 is 10.2 Å². The van der Waals surface area contributed by atoms with Crippen LogP contribution in [0.5, 0.6) is 5.75 Å². The first kappa shape index (κ1) is 19.2. The molecule has 0 spiro atoms. The van der Waals surface area contributed by atoms with Crippen LogP contribution in [0, 0.1) is 6.92 Å². The van der Waals surface area contributed by atoms with Gasteiger partial charge in [0.1, 0.15) is 15.5 Å². The number of aromatic nitrogens is 2. The van der Waals surface area contributed by atoms with Crippen LogP contribution in [0.1, 0.15) is 31.2 Å². The highest BCUT2D eigenvalue weighted by molar-refractivity contribution is 7.98. The van der Waals surface area contributed by atoms with E-state index in [4.69, 9.17) is 0 Å². The molecular formula is C20H14N2O5S2. The molecule has 7 nitrogen and oxygen atoms in total. The minimum atomic E-state index is -1.11. The molecule has 0 fully saturated rings. The Morgan fingerprint density at radius 1 is 1.24 bits per heavy atom. The molecule has 0 aliphatic rings. The number of aromatic hydroxyl groups is 1. The Balaban J connectivity index is 2.04. The fraction of sp³-hybridized carbons (Fsp3) is 0.100. The zero-order chi connectivity index (χ0) is 20.9. The molecule has 29 heavy (non-hydrogen) atoms. The molecule has 2 N–H and O–H groups in total. The summed E-state index contributed by atoms with van der Waals surface area (Å²) < 4.78 is 1.27. The second-order valence-electron chi connectivity index (χ2n) is 6.30. The Labute approximate surface area is 172 Å². The molecule has 9 heteroatoms. The number of rotatable bonds is 4. The maximum atomic E-state index is 13.2. The van der Waals surface area contributed by atoms with Crippen molar-refractivity contribution in [3.63, 3.8) is 0 Å². The molecule has 0 atom stereocenters. The quantitative estimate of drug-likeness (QED) is 0.379. The molecular weight excluding hydrogens is 412 g/mol. The van der Waals surface area contributed by atoms with E-state index in [-0.39, 0.29) is 27.1 Å². The van der Waals surface area contributed by atoms with E-state index in [9.17, 15) is 24.6 Å². The molecule has 0 unspecified atom stereocenters. The van der Waals surface area contributed by atoms with Crippen LogP contribution in [0.2, 0.25) is 0 Å². The normalized spacial score (nSPS) is 11.2. The maximum Gasteiger partial charge on any atom is 0.346 e. The smallest absolute Gasteiger partial charge is 0.346 e. The third-order valence-electron chi connectivity index (χ3n) is 4.60. The molecule has 4 aromatic rings. The molecule has 0 bridgehead atoms. The average molecular weight is 426 g/mol. The van der Waals surface area contributed by atoms with Gasteiger partial charge in [0.05, 0.1) is 15.8 Å². The van der Waals surface area contributed by atoms with Crippen LogP contribution >= 0.6 is 23.1 Å². The number of carboxylic acid groups (broad SMARTS) is 1. The van der Waals surface area contributed by atoms with Gasteiger partial charge in [0.2, 0.25) is 0 Å². The van der Waals surface area contributed by atoms with Crippen LogP contribution in [0.4, 0.5) is 0 Å². The SMILES string of the molecule is CSc1cc(C(=O)c2ccccc2O)cn2c(=O)c3c(C)c(C(=O)O)sc3nc12. The summed E-state index contributed by atoms with van der Waals surface area (Å²) in [5.74, 6) is -1.69. The molecule has 0 radical (unpaired) electrons. The van der Waals surface area contributed by atoms with E-state index in [1.54, 1.807) is 31.4 Å². The first-order valence-corrected chi connectivity index (χ1v) is 10.5. The van der Waals surface area contributed by atoms with Gasteiger partial charge in [-0.2, -0.15) is 0 Å². The van der Waals surface area contributed by atoms with E-state index in [0.29, 0.717) is 20.9 Å². The number of phenols is 1. The third kappa shape index (κ3) is 2.99. The van der Waals surface area contributed by atoms with Crippen molar-refractivity contribution >= 4 is 50.7 Å². The van der Waals surface area contributed by atoms with Gasteiger partial charge in [-0.1, -0.05) is 12.1 Å². The van der Waals surface area contributed by atoms with E-state index < -0.39 is 17.3 Å². The minimum absolute atomic E-state index is 0.0664. The zero-order valence-corrected chi connectivity index (χ0v) is 16.9. The molecule has 3 aromatic heterocycles. The van der Waals surface area contributed by atoms with Crippen molar-refractivity contribution in [1.82, 2.24) is 9.38 Å². The Bertz CT molecular complexity index is 1390. The summed E-state index contributed by atoms with van der Waals surface area (Å²) in [6.45, 7) is 1.57. The number of carboxylic acids is 1. The predicted molar refractivity (Wildman–Crippen MR) is 112 cm³/mol. The number of thioether (sulfide) groups is 1. The topological polar surface area (TPSA) is 109 Å². The summed E-state index contributed by atoms with van der Waals surface area (Å²) in [5.41, 5.74) is 0.613. The number of phenolic OH excluding ortho intramolecular Hbond substituents is 1. The van der Waals surface area contributed by atoms with Gasteiger partial charge in [-0.05, 0) is 36.9 Å². The summed E-state index contributed by atoms with van der Waals surface area (Å²) in [7, 11) is 0. The minimum Gasteiger partial charge on any atom is -0.507 e. The molecule has 146 valence electrons. The predicted octanol–water partition coefficient (Wildman–Crippen LogP) is 3.57. The van der Waals surface area contributed by atoms with Crippen LogP contribution in [0.3, 0.4) is 0 Å². The van der Waals surface area contributed by atoms with Gasteiger partial charge in [-0.25, -0.2) is 9.78 Å².